The fourth-order valence-corrected chi connectivity index (χ4v) is 3.49. The third kappa shape index (κ3) is 3.14. The van der Waals surface area contributed by atoms with Crippen LogP contribution < -0.4 is 14.8 Å². The molecule has 120 valence electrons. The Morgan fingerprint density at radius 2 is 1.86 bits per heavy atom. The van der Waals surface area contributed by atoms with Gasteiger partial charge in [-0.05, 0) is 5.04 Å². The zero-order chi connectivity index (χ0) is 16.5. The molecule has 0 spiro atoms. The van der Waals surface area contributed by atoms with E-state index in [0.717, 1.165) is 5.32 Å². The van der Waals surface area contributed by atoms with Gasteiger partial charge in [-0.15, -0.1) is 5.10 Å². The molecule has 0 aromatic carbocycles. The minimum absolute atomic E-state index is 0.217. The van der Waals surface area contributed by atoms with Crippen molar-refractivity contribution < 1.29 is 9.47 Å². The Labute approximate surface area is 132 Å². The number of methoxy groups -OCH3 is 1. The van der Waals surface area contributed by atoms with Gasteiger partial charge in [0.1, 0.15) is 13.8 Å². The first-order valence-electron chi connectivity index (χ1n) is 7.24. The van der Waals surface area contributed by atoms with Crippen LogP contribution in [0.2, 0.25) is 18.1 Å². The molecule has 0 unspecified atom stereocenters. The van der Waals surface area contributed by atoms with Crippen molar-refractivity contribution in [3.05, 3.63) is 18.3 Å². The third-order valence-corrected chi connectivity index (χ3v) is 9.68. The zero-order valence-electron chi connectivity index (χ0n) is 14.3. The smallest absolute Gasteiger partial charge is 0.244 e. The molecule has 0 fully saturated rings. The fraction of sp³-hybridized carbons (Fsp3) is 0.533. The fourth-order valence-electron chi connectivity index (χ4n) is 1.83. The molecule has 22 heavy (non-hydrogen) atoms. The Morgan fingerprint density at radius 3 is 2.45 bits per heavy atom. The lowest BCUT2D eigenvalue weighted by Crippen LogP contribution is -2.50. The molecule has 0 aliphatic carbocycles. The van der Waals surface area contributed by atoms with E-state index in [1.165, 1.54) is 6.20 Å². The molecule has 0 aliphatic heterocycles. The predicted molar refractivity (Wildman–Crippen MR) is 88.7 cm³/mol. The van der Waals surface area contributed by atoms with E-state index in [0.29, 0.717) is 17.5 Å². The number of nitrogens with zero attached hydrogens (tertiary/aromatic N) is 4. The molecule has 6 nitrogen and oxygen atoms in total. The van der Waals surface area contributed by atoms with Crippen molar-refractivity contribution in [1.29, 1.82) is 0 Å². The van der Waals surface area contributed by atoms with E-state index in [-0.39, 0.29) is 5.04 Å². The van der Waals surface area contributed by atoms with E-state index in [4.69, 9.17) is 9.47 Å². The molecule has 0 radical (unpaired) electrons. The van der Waals surface area contributed by atoms with Gasteiger partial charge in [0.15, 0.2) is 0 Å². The van der Waals surface area contributed by atoms with Crippen LogP contribution in [-0.2, 0) is 7.05 Å². The summed E-state index contributed by atoms with van der Waals surface area (Å²) in [6.07, 6.45) is 1.54. The summed E-state index contributed by atoms with van der Waals surface area (Å²) in [6, 6.07) is 3.71. The van der Waals surface area contributed by atoms with Crippen LogP contribution in [0.3, 0.4) is 0 Å². The minimum Gasteiger partial charge on any atom is -0.495 e. The van der Waals surface area contributed by atoms with Gasteiger partial charge in [0.25, 0.3) is 0 Å². The first-order valence-corrected chi connectivity index (χ1v) is 10.2. The Morgan fingerprint density at radius 1 is 1.18 bits per heavy atom. The van der Waals surface area contributed by atoms with E-state index >= 15 is 0 Å². The molecule has 0 N–H and O–H groups in total. The first-order chi connectivity index (χ1) is 10.1. The summed E-state index contributed by atoms with van der Waals surface area (Å²) in [5.74, 6) is 1.66. The molecule has 0 bridgehead atoms. The van der Waals surface area contributed by atoms with Crippen LogP contribution in [0, 0.1) is 0 Å². The molecule has 2 rings (SSSR count). The topological polar surface area (TPSA) is 62.1 Å². The van der Waals surface area contributed by atoms with E-state index in [2.05, 4.69) is 49.2 Å². The van der Waals surface area contributed by atoms with Gasteiger partial charge in [-0.3, -0.25) is 0 Å². The van der Waals surface area contributed by atoms with E-state index < -0.39 is 8.07 Å². The van der Waals surface area contributed by atoms with Crippen molar-refractivity contribution in [1.82, 2.24) is 20.0 Å². The molecule has 0 amide bonds. The standard InChI is InChI=1S/C15H24N4O2Si/c1-15(2,3)22(6,7)13-9-14(19(4)18-13)21-12-8-11(20-5)10-16-17-12/h8-10H,1-7H3. The molecular weight excluding hydrogens is 296 g/mol. The lowest BCUT2D eigenvalue weighted by atomic mass is 10.2. The van der Waals surface area contributed by atoms with Crippen molar-refractivity contribution in [3.63, 3.8) is 0 Å². The summed E-state index contributed by atoms with van der Waals surface area (Å²) >= 11 is 0. The van der Waals surface area contributed by atoms with Gasteiger partial charge in [0.2, 0.25) is 11.8 Å². The third-order valence-electron chi connectivity index (χ3n) is 4.40. The van der Waals surface area contributed by atoms with Gasteiger partial charge in [-0.1, -0.05) is 33.9 Å². The van der Waals surface area contributed by atoms with Crippen LogP contribution in [0.1, 0.15) is 20.8 Å². The first kappa shape index (κ1) is 16.5. The van der Waals surface area contributed by atoms with E-state index in [1.54, 1.807) is 17.9 Å². The van der Waals surface area contributed by atoms with Crippen molar-refractivity contribution in [2.45, 2.75) is 38.9 Å². The van der Waals surface area contributed by atoms with Gasteiger partial charge in [0.05, 0.1) is 13.3 Å². The molecule has 0 saturated heterocycles. The summed E-state index contributed by atoms with van der Waals surface area (Å²) in [4.78, 5) is 0. The van der Waals surface area contributed by atoms with Gasteiger partial charge >= 0.3 is 0 Å². The average Bonchev–Trinajstić information content (AvgIpc) is 2.80. The maximum atomic E-state index is 5.81. The van der Waals surface area contributed by atoms with Crippen LogP contribution in [0.5, 0.6) is 17.5 Å². The molecule has 7 heteroatoms. The highest BCUT2D eigenvalue weighted by molar-refractivity contribution is 6.91. The minimum atomic E-state index is -1.70. The van der Waals surface area contributed by atoms with Crippen molar-refractivity contribution >= 4 is 13.4 Å². The summed E-state index contributed by atoms with van der Waals surface area (Å²) < 4.78 is 12.7. The highest BCUT2D eigenvalue weighted by Gasteiger charge is 2.39. The Bertz CT molecular complexity index is 662. The summed E-state index contributed by atoms with van der Waals surface area (Å²) in [6.45, 7) is 11.4. The Balaban J connectivity index is 2.31. The molecule has 2 heterocycles. The number of ether oxygens (including phenoxy) is 2. The summed E-state index contributed by atoms with van der Waals surface area (Å²) in [5, 5.41) is 13.8. The van der Waals surface area contributed by atoms with Crippen molar-refractivity contribution in [2.24, 2.45) is 7.05 Å². The van der Waals surface area contributed by atoms with Crippen LogP contribution in [0.15, 0.2) is 18.3 Å². The van der Waals surface area contributed by atoms with Crippen LogP contribution in [-0.4, -0.2) is 35.2 Å². The molecule has 0 saturated carbocycles. The SMILES string of the molecule is COc1cnnc(Oc2cc([Si](C)(C)C(C)(C)C)nn2C)c1. The van der Waals surface area contributed by atoms with E-state index in [9.17, 15) is 0 Å². The maximum Gasteiger partial charge on any atom is 0.244 e. The molecule has 2 aromatic heterocycles. The zero-order valence-corrected chi connectivity index (χ0v) is 15.3. The highest BCUT2D eigenvalue weighted by Crippen LogP contribution is 2.35. The average molecular weight is 320 g/mol. The Kier molecular flexibility index (Phi) is 4.28. The van der Waals surface area contributed by atoms with Gasteiger partial charge < -0.3 is 9.47 Å². The highest BCUT2D eigenvalue weighted by atomic mass is 28.3. The van der Waals surface area contributed by atoms with Crippen LogP contribution in [0.25, 0.3) is 0 Å². The van der Waals surface area contributed by atoms with E-state index in [1.807, 2.05) is 13.1 Å². The number of hydrogen-bond acceptors (Lipinski definition) is 5. The monoisotopic (exact) mass is 320 g/mol. The number of hydrogen-bond donors (Lipinski definition) is 0. The van der Waals surface area contributed by atoms with Gasteiger partial charge in [0, 0.05) is 24.5 Å². The van der Waals surface area contributed by atoms with Crippen molar-refractivity contribution in [3.8, 4) is 17.5 Å². The maximum absolute atomic E-state index is 5.81. The van der Waals surface area contributed by atoms with Crippen molar-refractivity contribution in [2.75, 3.05) is 7.11 Å². The normalized spacial score (nSPS) is 12.3. The quantitative estimate of drug-likeness (QED) is 0.811. The van der Waals surface area contributed by atoms with Gasteiger partial charge in [-0.25, -0.2) is 4.68 Å². The Hall–Kier alpha value is -1.89. The lowest BCUT2D eigenvalue weighted by molar-refractivity contribution is 0.387. The molecule has 2 aromatic rings. The molecule has 0 aliphatic rings. The predicted octanol–water partition coefficient (Wildman–Crippen LogP) is 2.73. The summed E-state index contributed by atoms with van der Waals surface area (Å²) in [5.41, 5.74) is 0. The summed E-state index contributed by atoms with van der Waals surface area (Å²) in [7, 11) is 1.76. The lowest BCUT2D eigenvalue weighted by Gasteiger charge is -2.34. The second-order valence-corrected chi connectivity index (χ2v) is 12.2. The second kappa shape index (κ2) is 5.72. The second-order valence-electron chi connectivity index (χ2n) is 6.90. The number of aromatic nitrogens is 4. The van der Waals surface area contributed by atoms with Crippen LogP contribution in [0.4, 0.5) is 0 Å². The van der Waals surface area contributed by atoms with Gasteiger partial charge in [-0.2, -0.15) is 10.2 Å². The van der Waals surface area contributed by atoms with Crippen LogP contribution >= 0.6 is 0 Å². The molecular formula is C15H24N4O2Si. The number of aryl methyl sites for hydroxylation is 1. The molecule has 0 atom stereocenters. The number of rotatable bonds is 4. The largest absolute Gasteiger partial charge is 0.495 e.